The van der Waals surface area contributed by atoms with E-state index in [4.69, 9.17) is 0 Å². The lowest BCUT2D eigenvalue weighted by molar-refractivity contribution is 0.389. The minimum Gasteiger partial charge on any atom is -0.300 e. The third-order valence-electron chi connectivity index (χ3n) is 2.56. The minimum atomic E-state index is -0.160. The Morgan fingerprint density at radius 1 is 0.812 bits per heavy atom. The lowest BCUT2D eigenvalue weighted by Gasteiger charge is -2.20. The molecule has 16 heavy (non-hydrogen) atoms. The number of hydrogen-bond donors (Lipinski definition) is 2. The van der Waals surface area contributed by atoms with Gasteiger partial charge in [-0.3, -0.25) is 10.6 Å². The Morgan fingerprint density at radius 3 is 1.25 bits per heavy atom. The van der Waals surface area contributed by atoms with Crippen LogP contribution in [0.5, 0.6) is 0 Å². The van der Waals surface area contributed by atoms with E-state index in [2.05, 4.69) is 64.9 Å². The highest BCUT2D eigenvalue weighted by Gasteiger charge is 2.02. The van der Waals surface area contributed by atoms with Crippen molar-refractivity contribution in [3.05, 3.63) is 0 Å². The summed E-state index contributed by atoms with van der Waals surface area (Å²) in [4.78, 5) is 0. The zero-order valence-electron chi connectivity index (χ0n) is 12.7. The van der Waals surface area contributed by atoms with E-state index in [0.717, 1.165) is 0 Å². The summed E-state index contributed by atoms with van der Waals surface area (Å²) in [5.74, 6) is 2.42. The van der Waals surface area contributed by atoms with Crippen LogP contribution < -0.4 is 10.6 Å². The van der Waals surface area contributed by atoms with Crippen molar-refractivity contribution in [3.8, 4) is 0 Å². The van der Waals surface area contributed by atoms with Crippen LogP contribution in [0.25, 0.3) is 0 Å². The summed E-state index contributed by atoms with van der Waals surface area (Å²) in [5, 5.41) is 9.66. The van der Waals surface area contributed by atoms with E-state index in [-0.39, 0.29) is 14.1 Å². The summed E-state index contributed by atoms with van der Waals surface area (Å²) < 4.78 is 0. The van der Waals surface area contributed by atoms with Crippen LogP contribution in [0, 0.1) is 0 Å². The van der Waals surface area contributed by atoms with Gasteiger partial charge in [0.05, 0.1) is 6.17 Å². The molecule has 0 radical (unpaired) electrons. The van der Waals surface area contributed by atoms with Crippen LogP contribution in [-0.2, 0) is 0 Å². The first-order valence-electron chi connectivity index (χ1n) is 6.85. The normalized spacial score (nSPS) is 10.7. The molecule has 0 aliphatic rings. The first-order chi connectivity index (χ1) is 7.33. The van der Waals surface area contributed by atoms with Crippen LogP contribution in [0.2, 0.25) is 16.4 Å². The van der Waals surface area contributed by atoms with Gasteiger partial charge in [-0.1, -0.05) is 24.4 Å². The topological polar surface area (TPSA) is 24.1 Å². The summed E-state index contributed by atoms with van der Waals surface area (Å²) in [5.41, 5.74) is 0. The molecule has 0 amide bonds. The Balaban J connectivity index is 0. The fourth-order valence-electron chi connectivity index (χ4n) is 1.34. The van der Waals surface area contributed by atoms with Gasteiger partial charge in [0, 0.05) is 12.1 Å². The molecule has 0 bridgehead atoms. The highest BCUT2D eigenvalue weighted by atomic mass is 27.2. The molecule has 0 heterocycles. The van der Waals surface area contributed by atoms with Crippen LogP contribution in [0.15, 0.2) is 0 Å². The summed E-state index contributed by atoms with van der Waals surface area (Å²) in [6.07, 6.45) is 0.417. The largest absolute Gasteiger partial charge is 0.300 e. The first-order valence-corrected chi connectivity index (χ1v) is 9.64. The Morgan fingerprint density at radius 2 is 1.12 bits per heavy atom. The van der Waals surface area contributed by atoms with Gasteiger partial charge in [0.2, 0.25) is 0 Å². The maximum atomic E-state index is 3.36. The summed E-state index contributed by atoms with van der Waals surface area (Å²) in [7, 11) is 0. The van der Waals surface area contributed by atoms with Gasteiger partial charge in [-0.05, 0) is 34.6 Å². The Labute approximate surface area is 108 Å². The second-order valence-electron chi connectivity index (χ2n) is 5.29. The SMILES string of the molecule is CC(C)NC(C)NC(C)C.C[CH2][Al]([CH3])[CH2]C. The predicted octanol–water partition coefficient (Wildman–Crippen LogP) is 3.48. The van der Waals surface area contributed by atoms with Crippen molar-refractivity contribution < 1.29 is 0 Å². The molecule has 98 valence electrons. The molecular weight excluding hydrogens is 211 g/mol. The lowest BCUT2D eigenvalue weighted by atomic mass is 10.3. The fourth-order valence-corrected chi connectivity index (χ4v) is 1.91. The average molecular weight is 244 g/mol. The van der Waals surface area contributed by atoms with Crippen molar-refractivity contribution in [2.45, 2.75) is 83.1 Å². The molecule has 0 aromatic rings. The smallest absolute Gasteiger partial charge is 0.257 e. The molecule has 0 spiro atoms. The molecule has 0 fully saturated rings. The molecule has 0 atom stereocenters. The van der Waals surface area contributed by atoms with E-state index in [9.17, 15) is 0 Å². The van der Waals surface area contributed by atoms with Gasteiger partial charge in [0.15, 0.2) is 0 Å². The van der Waals surface area contributed by atoms with E-state index in [0.29, 0.717) is 18.2 Å². The molecule has 0 saturated carbocycles. The minimum absolute atomic E-state index is 0.160. The average Bonchev–Trinajstić information content (AvgIpc) is 2.14. The fraction of sp³-hybridized carbons (Fsp3) is 1.00. The molecule has 0 unspecified atom stereocenters. The summed E-state index contributed by atoms with van der Waals surface area (Å²) in [6.45, 7) is 15.3. The van der Waals surface area contributed by atoms with Crippen LogP contribution in [-0.4, -0.2) is 32.4 Å². The predicted molar refractivity (Wildman–Crippen MR) is 78.6 cm³/mol. The van der Waals surface area contributed by atoms with Crippen LogP contribution in [0.4, 0.5) is 0 Å². The Bertz CT molecular complexity index is 124. The highest BCUT2D eigenvalue weighted by Crippen LogP contribution is 1.93. The van der Waals surface area contributed by atoms with Crippen molar-refractivity contribution in [2.75, 3.05) is 0 Å². The Kier molecular flexibility index (Phi) is 14.0. The second kappa shape index (κ2) is 11.9. The van der Waals surface area contributed by atoms with Crippen LogP contribution in [0.1, 0.15) is 48.5 Å². The van der Waals surface area contributed by atoms with Gasteiger partial charge >= 0.3 is 0 Å². The van der Waals surface area contributed by atoms with Gasteiger partial charge in [-0.15, -0.1) is 5.79 Å². The van der Waals surface area contributed by atoms with Crippen LogP contribution >= 0.6 is 0 Å². The molecule has 0 aromatic carbocycles. The maximum Gasteiger partial charge on any atom is 0.257 e. The number of nitrogens with one attached hydrogen (secondary N) is 2. The zero-order valence-corrected chi connectivity index (χ0v) is 13.9. The maximum absolute atomic E-state index is 3.36. The van der Waals surface area contributed by atoms with Gasteiger partial charge in [-0.2, -0.15) is 0 Å². The van der Waals surface area contributed by atoms with Crippen molar-refractivity contribution in [3.63, 3.8) is 0 Å². The van der Waals surface area contributed by atoms with Crippen molar-refractivity contribution in [2.24, 2.45) is 0 Å². The third-order valence-corrected chi connectivity index (χ3v) is 5.35. The van der Waals surface area contributed by atoms with Crippen LogP contribution in [0.3, 0.4) is 0 Å². The molecule has 0 aromatic heterocycles. The van der Waals surface area contributed by atoms with E-state index >= 15 is 0 Å². The molecule has 2 nitrogen and oxygen atoms in total. The van der Waals surface area contributed by atoms with E-state index in [1.54, 1.807) is 0 Å². The monoisotopic (exact) mass is 244 g/mol. The van der Waals surface area contributed by atoms with Crippen molar-refractivity contribution >= 4 is 14.1 Å². The second-order valence-corrected chi connectivity index (χ2v) is 9.13. The molecule has 0 aliphatic carbocycles. The first kappa shape index (κ1) is 18.8. The van der Waals surface area contributed by atoms with Gasteiger partial charge in [0.1, 0.15) is 0 Å². The van der Waals surface area contributed by atoms with Gasteiger partial charge < -0.3 is 0 Å². The van der Waals surface area contributed by atoms with Crippen molar-refractivity contribution in [1.82, 2.24) is 10.6 Å². The number of hydrogen-bond acceptors (Lipinski definition) is 2. The van der Waals surface area contributed by atoms with Crippen molar-refractivity contribution in [1.29, 1.82) is 0 Å². The molecule has 3 heteroatoms. The van der Waals surface area contributed by atoms with Gasteiger partial charge in [-0.25, -0.2) is 0 Å². The zero-order chi connectivity index (χ0) is 13.1. The quantitative estimate of drug-likeness (QED) is 0.552. The molecule has 0 saturated heterocycles. The molecule has 0 aliphatic heterocycles. The van der Waals surface area contributed by atoms with Gasteiger partial charge in [0.25, 0.3) is 14.1 Å². The molecular formula is C13H33AlN2. The molecule has 0 rings (SSSR count). The lowest BCUT2D eigenvalue weighted by Crippen LogP contribution is -2.45. The summed E-state index contributed by atoms with van der Waals surface area (Å²) in [6, 6.07) is 1.11. The molecule has 2 N–H and O–H groups in total. The standard InChI is InChI=1S/C8H20N2.2C2H5.CH3.Al/c1-6(2)9-8(5)10-7(3)4;2*1-2;;/h6-10H,1-5H3;2*1H2,2H3;1H3;. The summed E-state index contributed by atoms with van der Waals surface area (Å²) >= 11 is -0.160. The third kappa shape index (κ3) is 16.9. The van der Waals surface area contributed by atoms with E-state index in [1.807, 2.05) is 0 Å². The highest BCUT2D eigenvalue weighted by molar-refractivity contribution is 6.56. The van der Waals surface area contributed by atoms with E-state index < -0.39 is 0 Å². The number of rotatable bonds is 6. The van der Waals surface area contributed by atoms with E-state index in [1.165, 1.54) is 10.6 Å². The Hall–Kier alpha value is 0.452.